The molecule has 2 fully saturated rings. The first-order valence-electron chi connectivity index (χ1n) is 6.00. The maximum absolute atomic E-state index is 11.7. The van der Waals surface area contributed by atoms with Gasteiger partial charge in [0.05, 0.1) is 6.04 Å². The van der Waals surface area contributed by atoms with Crippen molar-refractivity contribution in [2.45, 2.75) is 38.3 Å². The normalized spacial score (nSPS) is 32.9. The van der Waals surface area contributed by atoms with Gasteiger partial charge in [-0.25, -0.2) is 0 Å². The fourth-order valence-corrected chi connectivity index (χ4v) is 2.72. The van der Waals surface area contributed by atoms with Crippen LogP contribution in [0.15, 0.2) is 0 Å². The van der Waals surface area contributed by atoms with E-state index in [1.807, 2.05) is 4.90 Å². The van der Waals surface area contributed by atoms with Crippen LogP contribution in [0.3, 0.4) is 0 Å². The van der Waals surface area contributed by atoms with Gasteiger partial charge in [0.15, 0.2) is 0 Å². The first-order valence-corrected chi connectivity index (χ1v) is 6.00. The molecule has 0 aliphatic carbocycles. The molecule has 4 nitrogen and oxygen atoms in total. The van der Waals surface area contributed by atoms with Crippen LogP contribution in [-0.4, -0.2) is 54.0 Å². The van der Waals surface area contributed by atoms with Crippen molar-refractivity contribution >= 4 is 5.91 Å². The van der Waals surface area contributed by atoms with Gasteiger partial charge in [0.2, 0.25) is 5.91 Å². The van der Waals surface area contributed by atoms with Crippen molar-refractivity contribution in [3.8, 4) is 0 Å². The summed E-state index contributed by atoms with van der Waals surface area (Å²) in [4.78, 5) is 16.1. The lowest BCUT2D eigenvalue weighted by Gasteiger charge is -2.27. The number of rotatable bonds is 3. The van der Waals surface area contributed by atoms with Crippen molar-refractivity contribution in [2.24, 2.45) is 5.73 Å². The highest BCUT2D eigenvalue weighted by molar-refractivity contribution is 5.83. The largest absolute Gasteiger partial charge is 0.340 e. The van der Waals surface area contributed by atoms with Crippen molar-refractivity contribution in [1.29, 1.82) is 0 Å². The van der Waals surface area contributed by atoms with Gasteiger partial charge in [0, 0.05) is 19.1 Å². The van der Waals surface area contributed by atoms with E-state index in [0.29, 0.717) is 6.04 Å². The molecule has 0 spiro atoms. The van der Waals surface area contributed by atoms with Gasteiger partial charge in [-0.15, -0.1) is 0 Å². The highest BCUT2D eigenvalue weighted by atomic mass is 16.2. The molecule has 2 aliphatic rings. The minimum absolute atomic E-state index is 0.151. The highest BCUT2D eigenvalue weighted by Crippen LogP contribution is 2.19. The first kappa shape index (κ1) is 10.9. The van der Waals surface area contributed by atoms with E-state index >= 15 is 0 Å². The zero-order valence-electron chi connectivity index (χ0n) is 9.48. The van der Waals surface area contributed by atoms with E-state index in [-0.39, 0.29) is 11.9 Å². The Morgan fingerprint density at radius 2 is 2.20 bits per heavy atom. The second kappa shape index (κ2) is 4.49. The van der Waals surface area contributed by atoms with E-state index in [0.717, 1.165) is 26.1 Å². The molecular formula is C11H21N3O. The molecule has 15 heavy (non-hydrogen) atoms. The fraction of sp³-hybridized carbons (Fsp3) is 0.909. The van der Waals surface area contributed by atoms with E-state index in [1.54, 1.807) is 0 Å². The molecule has 2 rings (SSSR count). The lowest BCUT2D eigenvalue weighted by atomic mass is 10.2. The van der Waals surface area contributed by atoms with Gasteiger partial charge in [-0.2, -0.15) is 0 Å². The summed E-state index contributed by atoms with van der Waals surface area (Å²) < 4.78 is 0. The zero-order valence-corrected chi connectivity index (χ0v) is 9.48. The average molecular weight is 211 g/mol. The molecule has 86 valence electrons. The molecule has 0 aromatic heterocycles. The summed E-state index contributed by atoms with van der Waals surface area (Å²) in [6.07, 6.45) is 3.33. The summed E-state index contributed by atoms with van der Waals surface area (Å²) in [7, 11) is 0. The van der Waals surface area contributed by atoms with Crippen molar-refractivity contribution < 1.29 is 4.79 Å². The van der Waals surface area contributed by atoms with E-state index < -0.39 is 0 Å². The highest BCUT2D eigenvalue weighted by Gasteiger charge is 2.32. The number of hydrogen-bond acceptors (Lipinski definition) is 3. The molecule has 0 saturated carbocycles. The number of nitrogens with two attached hydrogens (primary N) is 1. The second-order valence-electron chi connectivity index (χ2n) is 4.60. The van der Waals surface area contributed by atoms with Crippen LogP contribution < -0.4 is 5.73 Å². The van der Waals surface area contributed by atoms with Crippen LogP contribution in [0.4, 0.5) is 0 Å². The number of carbonyl (C=O) groups excluding carboxylic acids is 1. The number of likely N-dealkylation sites (N-methyl/N-ethyl adjacent to an activating group) is 1. The smallest absolute Gasteiger partial charge is 0.239 e. The molecule has 2 heterocycles. The minimum Gasteiger partial charge on any atom is -0.340 e. The SMILES string of the molecule is CCN1CCCC1CN1CCC(N)C1=O. The molecule has 2 N–H and O–H groups in total. The molecular weight excluding hydrogens is 190 g/mol. The molecule has 0 bridgehead atoms. The summed E-state index contributed by atoms with van der Waals surface area (Å²) >= 11 is 0. The fourth-order valence-electron chi connectivity index (χ4n) is 2.72. The number of likely N-dealkylation sites (tertiary alicyclic amines) is 2. The summed E-state index contributed by atoms with van der Waals surface area (Å²) in [6.45, 7) is 6.22. The molecule has 2 atom stereocenters. The summed E-state index contributed by atoms with van der Waals surface area (Å²) in [5.74, 6) is 0.151. The van der Waals surface area contributed by atoms with Gasteiger partial charge in [0.1, 0.15) is 0 Å². The molecule has 4 heteroatoms. The van der Waals surface area contributed by atoms with Crippen LogP contribution >= 0.6 is 0 Å². The summed E-state index contributed by atoms with van der Waals surface area (Å²) in [5, 5.41) is 0. The Morgan fingerprint density at radius 1 is 1.40 bits per heavy atom. The van der Waals surface area contributed by atoms with Gasteiger partial charge in [0.25, 0.3) is 0 Å². The third-order valence-electron chi connectivity index (χ3n) is 3.68. The molecule has 2 saturated heterocycles. The monoisotopic (exact) mass is 211 g/mol. The van der Waals surface area contributed by atoms with Crippen molar-refractivity contribution in [1.82, 2.24) is 9.80 Å². The molecule has 1 amide bonds. The predicted molar refractivity (Wildman–Crippen MR) is 59.4 cm³/mol. The van der Waals surface area contributed by atoms with Crippen LogP contribution in [0.2, 0.25) is 0 Å². The van der Waals surface area contributed by atoms with Gasteiger partial charge >= 0.3 is 0 Å². The maximum atomic E-state index is 11.7. The van der Waals surface area contributed by atoms with Gasteiger partial charge in [-0.1, -0.05) is 6.92 Å². The lowest BCUT2D eigenvalue weighted by molar-refractivity contribution is -0.129. The Bertz CT molecular complexity index is 244. The minimum atomic E-state index is -0.235. The standard InChI is InChI=1S/C11H21N3O/c1-2-13-6-3-4-9(13)8-14-7-5-10(12)11(14)15/h9-10H,2-8,12H2,1H3. The molecule has 2 aliphatic heterocycles. The summed E-state index contributed by atoms with van der Waals surface area (Å²) in [5.41, 5.74) is 5.71. The predicted octanol–water partition coefficient (Wildman–Crippen LogP) is 0.0303. The number of hydrogen-bond donors (Lipinski definition) is 1. The third-order valence-corrected chi connectivity index (χ3v) is 3.68. The zero-order chi connectivity index (χ0) is 10.8. The van der Waals surface area contributed by atoms with Crippen molar-refractivity contribution in [3.05, 3.63) is 0 Å². The van der Waals surface area contributed by atoms with Gasteiger partial charge in [-0.3, -0.25) is 9.69 Å². The maximum Gasteiger partial charge on any atom is 0.239 e. The molecule has 0 aromatic rings. The molecule has 0 radical (unpaired) electrons. The quantitative estimate of drug-likeness (QED) is 0.716. The second-order valence-corrected chi connectivity index (χ2v) is 4.60. The lowest BCUT2D eigenvalue weighted by Crippen LogP contribution is -2.43. The van der Waals surface area contributed by atoms with E-state index in [4.69, 9.17) is 5.73 Å². The topological polar surface area (TPSA) is 49.6 Å². The van der Waals surface area contributed by atoms with E-state index in [1.165, 1.54) is 19.4 Å². The van der Waals surface area contributed by atoms with Crippen LogP contribution in [0.1, 0.15) is 26.2 Å². The third kappa shape index (κ3) is 2.16. The Balaban J connectivity index is 1.89. The van der Waals surface area contributed by atoms with Crippen molar-refractivity contribution in [2.75, 3.05) is 26.2 Å². The van der Waals surface area contributed by atoms with Crippen LogP contribution in [0, 0.1) is 0 Å². The van der Waals surface area contributed by atoms with Gasteiger partial charge < -0.3 is 10.6 Å². The Kier molecular flexibility index (Phi) is 3.26. The van der Waals surface area contributed by atoms with Crippen molar-refractivity contribution in [3.63, 3.8) is 0 Å². The number of nitrogens with zero attached hydrogens (tertiary/aromatic N) is 2. The van der Waals surface area contributed by atoms with Crippen LogP contribution in [-0.2, 0) is 4.79 Å². The van der Waals surface area contributed by atoms with E-state index in [9.17, 15) is 4.79 Å². The molecule has 0 aromatic carbocycles. The summed E-state index contributed by atoms with van der Waals surface area (Å²) in [6, 6.07) is 0.339. The first-order chi connectivity index (χ1) is 7.22. The Labute approximate surface area is 91.4 Å². The molecule has 2 unspecified atom stereocenters. The van der Waals surface area contributed by atoms with Gasteiger partial charge in [-0.05, 0) is 32.4 Å². The van der Waals surface area contributed by atoms with Crippen LogP contribution in [0.25, 0.3) is 0 Å². The number of amides is 1. The Hall–Kier alpha value is -0.610. The number of carbonyl (C=O) groups is 1. The Morgan fingerprint density at radius 3 is 2.80 bits per heavy atom. The average Bonchev–Trinajstić information content (AvgIpc) is 2.80. The van der Waals surface area contributed by atoms with E-state index in [2.05, 4.69) is 11.8 Å². The van der Waals surface area contributed by atoms with Crippen LogP contribution in [0.5, 0.6) is 0 Å².